The Balaban J connectivity index is 1.30. The number of para-hydroxylation sites is 1. The molecule has 1 atom stereocenters. The highest BCUT2D eigenvalue weighted by molar-refractivity contribution is 5.88. The molecule has 6 nitrogen and oxygen atoms in total. The molecule has 0 unspecified atom stereocenters. The van der Waals surface area contributed by atoms with Crippen LogP contribution in [-0.2, 0) is 27.2 Å². The van der Waals surface area contributed by atoms with Gasteiger partial charge in [-0.2, -0.15) is 0 Å². The van der Waals surface area contributed by atoms with E-state index in [1.54, 1.807) is 18.1 Å². The first-order valence-electron chi connectivity index (χ1n) is 10.8. The minimum Gasteiger partial charge on any atom is -0.464 e. The summed E-state index contributed by atoms with van der Waals surface area (Å²) in [4.78, 5) is 29.3. The zero-order chi connectivity index (χ0) is 21.8. The van der Waals surface area contributed by atoms with Gasteiger partial charge < -0.3 is 19.0 Å². The lowest BCUT2D eigenvalue weighted by Crippen LogP contribution is -2.51. The minimum absolute atomic E-state index is 0.0812. The lowest BCUT2D eigenvalue weighted by Gasteiger charge is -2.37. The van der Waals surface area contributed by atoms with E-state index in [0.29, 0.717) is 13.1 Å². The Morgan fingerprint density at radius 2 is 1.81 bits per heavy atom. The number of amides is 1. The van der Waals surface area contributed by atoms with Crippen LogP contribution in [-0.4, -0.2) is 49.1 Å². The maximum absolute atomic E-state index is 12.8. The molecule has 4 rings (SSSR count). The van der Waals surface area contributed by atoms with Crippen molar-refractivity contribution in [2.45, 2.75) is 32.8 Å². The average Bonchev–Trinajstić information content (AvgIpc) is 3.20. The quantitative estimate of drug-likeness (QED) is 0.568. The molecule has 1 aliphatic rings. The van der Waals surface area contributed by atoms with Crippen molar-refractivity contribution in [2.24, 2.45) is 0 Å². The molecule has 0 saturated carbocycles. The van der Waals surface area contributed by atoms with Crippen LogP contribution in [0.3, 0.4) is 0 Å². The molecule has 162 valence electrons. The van der Waals surface area contributed by atoms with E-state index in [1.807, 2.05) is 36.4 Å². The summed E-state index contributed by atoms with van der Waals surface area (Å²) in [7, 11) is 0. The summed E-state index contributed by atoms with van der Waals surface area (Å²) in [5, 5.41) is 0.908. The summed E-state index contributed by atoms with van der Waals surface area (Å²) in [6, 6.07) is 16.2. The van der Waals surface area contributed by atoms with Gasteiger partial charge in [-0.05, 0) is 37.1 Å². The van der Waals surface area contributed by atoms with E-state index in [2.05, 4.69) is 24.0 Å². The Labute approximate surface area is 182 Å². The molecule has 0 spiro atoms. The summed E-state index contributed by atoms with van der Waals surface area (Å²) >= 11 is 0. The monoisotopic (exact) mass is 420 g/mol. The summed E-state index contributed by atoms with van der Waals surface area (Å²) in [5.41, 5.74) is 3.89. The number of hydrogen-bond donors (Lipinski definition) is 0. The summed E-state index contributed by atoms with van der Waals surface area (Å²) in [5.74, 6) is -0.572. The highest BCUT2D eigenvalue weighted by Crippen LogP contribution is 2.24. The smallest absolute Gasteiger partial charge is 0.311 e. The number of anilines is 1. The number of aryl methyl sites for hydroxylation is 1. The molecular formula is C25H28N2O4. The standard InChI is InChI=1S/C25H28N2O4/c1-3-19-9-10-22-20(17-30-23(22)15-19)16-24(28)31-18(2)25(29)27-13-11-26(12-14-27)21-7-5-4-6-8-21/h4-10,15,17-18H,3,11-14,16H2,1-2H3/t18-/m0/s1. The van der Waals surface area contributed by atoms with Gasteiger partial charge in [-0.1, -0.05) is 37.3 Å². The van der Waals surface area contributed by atoms with Gasteiger partial charge in [-0.25, -0.2) is 0 Å². The minimum atomic E-state index is -0.805. The fourth-order valence-corrected chi connectivity index (χ4v) is 4.01. The van der Waals surface area contributed by atoms with E-state index in [0.717, 1.165) is 41.7 Å². The van der Waals surface area contributed by atoms with Gasteiger partial charge >= 0.3 is 5.97 Å². The largest absolute Gasteiger partial charge is 0.464 e. The van der Waals surface area contributed by atoms with Gasteiger partial charge in [0.15, 0.2) is 6.10 Å². The first-order valence-corrected chi connectivity index (χ1v) is 10.8. The summed E-state index contributed by atoms with van der Waals surface area (Å²) < 4.78 is 11.1. The molecule has 1 amide bonds. The van der Waals surface area contributed by atoms with Crippen molar-refractivity contribution in [3.05, 3.63) is 65.9 Å². The van der Waals surface area contributed by atoms with Crippen LogP contribution in [0.4, 0.5) is 5.69 Å². The number of fused-ring (bicyclic) bond motifs is 1. The molecule has 3 aromatic rings. The van der Waals surface area contributed by atoms with E-state index >= 15 is 0 Å². The predicted molar refractivity (Wildman–Crippen MR) is 120 cm³/mol. The normalized spacial score (nSPS) is 15.2. The predicted octanol–water partition coefficient (Wildman–Crippen LogP) is 3.82. The Morgan fingerprint density at radius 1 is 1.06 bits per heavy atom. The number of benzene rings is 2. The number of piperazine rings is 1. The number of furan rings is 1. The van der Waals surface area contributed by atoms with Crippen LogP contribution in [0, 0.1) is 0 Å². The molecule has 0 bridgehead atoms. The Morgan fingerprint density at radius 3 is 2.52 bits per heavy atom. The topological polar surface area (TPSA) is 63.0 Å². The first-order chi connectivity index (χ1) is 15.0. The molecule has 0 aliphatic carbocycles. The van der Waals surface area contributed by atoms with Crippen LogP contribution >= 0.6 is 0 Å². The van der Waals surface area contributed by atoms with Gasteiger partial charge in [-0.15, -0.1) is 0 Å². The molecule has 31 heavy (non-hydrogen) atoms. The average molecular weight is 421 g/mol. The Bertz CT molecular complexity index is 1050. The van der Waals surface area contributed by atoms with Crippen LogP contribution in [0.25, 0.3) is 11.0 Å². The second-order valence-corrected chi connectivity index (χ2v) is 7.90. The van der Waals surface area contributed by atoms with Gasteiger partial charge in [0.25, 0.3) is 5.91 Å². The fraction of sp³-hybridized carbons (Fsp3) is 0.360. The maximum Gasteiger partial charge on any atom is 0.311 e. The fourth-order valence-electron chi connectivity index (χ4n) is 4.01. The van der Waals surface area contributed by atoms with Gasteiger partial charge in [0, 0.05) is 42.8 Å². The molecule has 0 radical (unpaired) electrons. The molecule has 1 fully saturated rings. The summed E-state index contributed by atoms with van der Waals surface area (Å²) in [6.07, 6.45) is 1.80. The van der Waals surface area contributed by atoms with Gasteiger partial charge in [0.05, 0.1) is 12.7 Å². The third-order valence-corrected chi connectivity index (χ3v) is 5.83. The van der Waals surface area contributed by atoms with Gasteiger partial charge in [0.1, 0.15) is 5.58 Å². The lowest BCUT2D eigenvalue weighted by molar-refractivity contribution is -0.158. The summed E-state index contributed by atoms with van der Waals surface area (Å²) in [6.45, 7) is 6.48. The van der Waals surface area contributed by atoms with E-state index in [-0.39, 0.29) is 12.3 Å². The van der Waals surface area contributed by atoms with Crippen molar-refractivity contribution in [3.8, 4) is 0 Å². The van der Waals surface area contributed by atoms with Crippen molar-refractivity contribution < 1.29 is 18.7 Å². The van der Waals surface area contributed by atoms with E-state index in [4.69, 9.17) is 9.15 Å². The highest BCUT2D eigenvalue weighted by Gasteiger charge is 2.27. The SMILES string of the molecule is CCc1ccc2c(CC(=O)O[C@@H](C)C(=O)N3CCN(c4ccccc4)CC3)coc2c1. The second kappa shape index (κ2) is 9.25. The number of nitrogens with zero attached hydrogens (tertiary/aromatic N) is 2. The van der Waals surface area contributed by atoms with E-state index < -0.39 is 12.1 Å². The van der Waals surface area contributed by atoms with E-state index in [1.165, 1.54) is 5.56 Å². The molecule has 1 saturated heterocycles. The zero-order valence-electron chi connectivity index (χ0n) is 18.0. The Kier molecular flexibility index (Phi) is 6.26. The number of carbonyl (C=O) groups is 2. The van der Waals surface area contributed by atoms with E-state index in [9.17, 15) is 9.59 Å². The molecular weight excluding hydrogens is 392 g/mol. The number of carbonyl (C=O) groups excluding carboxylic acids is 2. The third kappa shape index (κ3) is 4.74. The van der Waals surface area contributed by atoms with Crippen LogP contribution in [0.15, 0.2) is 59.2 Å². The van der Waals surface area contributed by atoms with Crippen molar-refractivity contribution in [1.82, 2.24) is 4.90 Å². The van der Waals surface area contributed by atoms with Crippen molar-refractivity contribution in [2.75, 3.05) is 31.1 Å². The number of esters is 1. The number of hydrogen-bond acceptors (Lipinski definition) is 5. The first kappa shape index (κ1) is 21.0. The Hall–Kier alpha value is -3.28. The third-order valence-electron chi connectivity index (χ3n) is 5.83. The maximum atomic E-state index is 12.8. The van der Waals surface area contributed by atoms with Gasteiger partial charge in [-0.3, -0.25) is 9.59 Å². The van der Waals surface area contributed by atoms with Crippen LogP contribution in [0.2, 0.25) is 0 Å². The molecule has 1 aliphatic heterocycles. The van der Waals surface area contributed by atoms with Gasteiger partial charge in [0.2, 0.25) is 0 Å². The zero-order valence-corrected chi connectivity index (χ0v) is 18.0. The van der Waals surface area contributed by atoms with Crippen molar-refractivity contribution in [3.63, 3.8) is 0 Å². The lowest BCUT2D eigenvalue weighted by atomic mass is 10.1. The molecule has 2 aromatic carbocycles. The van der Waals surface area contributed by atoms with Crippen LogP contribution in [0.1, 0.15) is 25.0 Å². The molecule has 0 N–H and O–H groups in total. The molecule has 6 heteroatoms. The van der Waals surface area contributed by atoms with Crippen LogP contribution < -0.4 is 4.90 Å². The molecule has 2 heterocycles. The number of ether oxygens (including phenoxy) is 1. The van der Waals surface area contributed by atoms with Crippen LogP contribution in [0.5, 0.6) is 0 Å². The number of rotatable bonds is 6. The molecule has 1 aromatic heterocycles. The van der Waals surface area contributed by atoms with Crippen molar-refractivity contribution >= 4 is 28.5 Å². The highest BCUT2D eigenvalue weighted by atomic mass is 16.5. The van der Waals surface area contributed by atoms with Crippen molar-refractivity contribution in [1.29, 1.82) is 0 Å². The second-order valence-electron chi connectivity index (χ2n) is 7.90.